The second kappa shape index (κ2) is 5.86. The van der Waals surface area contributed by atoms with Crippen LogP contribution in [-0.4, -0.2) is 37.6 Å². The molecular formula is C13H26N2. The second-order valence-electron chi connectivity index (χ2n) is 5.31. The number of hydrogen-bond acceptors (Lipinski definition) is 2. The molecule has 88 valence electrons. The molecular weight excluding hydrogens is 184 g/mol. The Labute approximate surface area is 94.4 Å². The first kappa shape index (κ1) is 11.4. The SMILES string of the molecule is CNCCC1CCN(C2CCCC2)CC1. The van der Waals surface area contributed by atoms with Crippen molar-refractivity contribution < 1.29 is 0 Å². The standard InChI is InChI=1S/C13H26N2/c1-14-9-6-12-7-10-15(11-8-12)13-4-2-3-5-13/h12-14H,2-11H2,1H3. The molecule has 2 heteroatoms. The minimum Gasteiger partial charge on any atom is -0.320 e. The fraction of sp³-hybridized carbons (Fsp3) is 1.00. The Morgan fingerprint density at radius 1 is 1.07 bits per heavy atom. The van der Waals surface area contributed by atoms with Gasteiger partial charge in [-0.05, 0) is 64.7 Å². The summed E-state index contributed by atoms with van der Waals surface area (Å²) in [4.78, 5) is 2.77. The van der Waals surface area contributed by atoms with Crippen LogP contribution in [0.5, 0.6) is 0 Å². The van der Waals surface area contributed by atoms with Gasteiger partial charge in [-0.3, -0.25) is 0 Å². The first-order valence-corrected chi connectivity index (χ1v) is 6.79. The molecule has 1 aliphatic carbocycles. The molecule has 0 radical (unpaired) electrons. The van der Waals surface area contributed by atoms with E-state index in [1.807, 2.05) is 0 Å². The molecule has 1 heterocycles. The van der Waals surface area contributed by atoms with Gasteiger partial charge < -0.3 is 10.2 Å². The maximum absolute atomic E-state index is 3.27. The van der Waals surface area contributed by atoms with E-state index in [4.69, 9.17) is 0 Å². The van der Waals surface area contributed by atoms with Gasteiger partial charge >= 0.3 is 0 Å². The average Bonchev–Trinajstić information content (AvgIpc) is 2.80. The molecule has 2 fully saturated rings. The zero-order valence-corrected chi connectivity index (χ0v) is 10.2. The summed E-state index contributed by atoms with van der Waals surface area (Å²) in [5, 5.41) is 3.27. The van der Waals surface area contributed by atoms with Crippen molar-refractivity contribution in [3.05, 3.63) is 0 Å². The molecule has 2 aliphatic rings. The van der Waals surface area contributed by atoms with E-state index in [9.17, 15) is 0 Å². The summed E-state index contributed by atoms with van der Waals surface area (Å²) < 4.78 is 0. The quantitative estimate of drug-likeness (QED) is 0.765. The molecule has 0 unspecified atom stereocenters. The molecule has 15 heavy (non-hydrogen) atoms. The molecule has 0 aromatic rings. The van der Waals surface area contributed by atoms with Gasteiger partial charge in [-0.15, -0.1) is 0 Å². The van der Waals surface area contributed by atoms with Crippen LogP contribution in [0.25, 0.3) is 0 Å². The molecule has 0 amide bonds. The summed E-state index contributed by atoms with van der Waals surface area (Å²) in [6, 6.07) is 0.954. The highest BCUT2D eigenvalue weighted by molar-refractivity contribution is 4.81. The fourth-order valence-electron chi connectivity index (χ4n) is 3.22. The van der Waals surface area contributed by atoms with Crippen LogP contribution in [0.3, 0.4) is 0 Å². The molecule has 2 rings (SSSR count). The van der Waals surface area contributed by atoms with Gasteiger partial charge in [-0.1, -0.05) is 12.8 Å². The van der Waals surface area contributed by atoms with Crippen LogP contribution in [0.4, 0.5) is 0 Å². The van der Waals surface area contributed by atoms with Crippen LogP contribution >= 0.6 is 0 Å². The molecule has 1 aliphatic heterocycles. The third kappa shape index (κ3) is 3.18. The summed E-state index contributed by atoms with van der Waals surface area (Å²) >= 11 is 0. The van der Waals surface area contributed by atoms with E-state index in [1.54, 1.807) is 0 Å². The first-order chi connectivity index (χ1) is 7.40. The topological polar surface area (TPSA) is 15.3 Å². The maximum atomic E-state index is 3.27. The van der Waals surface area contributed by atoms with Crippen molar-refractivity contribution in [3.8, 4) is 0 Å². The summed E-state index contributed by atoms with van der Waals surface area (Å²) in [6.45, 7) is 3.95. The van der Waals surface area contributed by atoms with Crippen molar-refractivity contribution in [1.82, 2.24) is 10.2 Å². The largest absolute Gasteiger partial charge is 0.320 e. The van der Waals surface area contributed by atoms with Crippen LogP contribution < -0.4 is 5.32 Å². The van der Waals surface area contributed by atoms with Gasteiger partial charge in [0.05, 0.1) is 0 Å². The Morgan fingerprint density at radius 2 is 1.73 bits per heavy atom. The zero-order chi connectivity index (χ0) is 10.5. The lowest BCUT2D eigenvalue weighted by molar-refractivity contribution is 0.131. The predicted molar refractivity (Wildman–Crippen MR) is 65.1 cm³/mol. The minimum absolute atomic E-state index is 0.954. The van der Waals surface area contributed by atoms with E-state index in [0.29, 0.717) is 0 Å². The Kier molecular flexibility index (Phi) is 4.45. The van der Waals surface area contributed by atoms with Crippen LogP contribution in [0, 0.1) is 5.92 Å². The first-order valence-electron chi connectivity index (χ1n) is 6.79. The van der Waals surface area contributed by atoms with Crippen molar-refractivity contribution in [2.75, 3.05) is 26.7 Å². The van der Waals surface area contributed by atoms with Crippen molar-refractivity contribution in [3.63, 3.8) is 0 Å². The van der Waals surface area contributed by atoms with E-state index < -0.39 is 0 Å². The third-order valence-corrected chi connectivity index (χ3v) is 4.29. The molecule has 0 bridgehead atoms. The van der Waals surface area contributed by atoms with Gasteiger partial charge in [0.25, 0.3) is 0 Å². The van der Waals surface area contributed by atoms with E-state index >= 15 is 0 Å². The molecule has 0 aromatic heterocycles. The van der Waals surface area contributed by atoms with Crippen LogP contribution in [0.15, 0.2) is 0 Å². The summed E-state index contributed by atoms with van der Waals surface area (Å²) in [6.07, 6.45) is 10.2. The number of likely N-dealkylation sites (tertiary alicyclic amines) is 1. The fourth-order valence-corrected chi connectivity index (χ4v) is 3.22. The summed E-state index contributed by atoms with van der Waals surface area (Å²) in [5.41, 5.74) is 0. The second-order valence-corrected chi connectivity index (χ2v) is 5.31. The third-order valence-electron chi connectivity index (χ3n) is 4.29. The van der Waals surface area contributed by atoms with Gasteiger partial charge in [-0.25, -0.2) is 0 Å². The lowest BCUT2D eigenvalue weighted by atomic mass is 9.92. The molecule has 0 aromatic carbocycles. The average molecular weight is 210 g/mol. The molecule has 1 N–H and O–H groups in total. The van der Waals surface area contributed by atoms with Crippen molar-refractivity contribution in [2.24, 2.45) is 5.92 Å². The van der Waals surface area contributed by atoms with E-state index in [-0.39, 0.29) is 0 Å². The Balaban J connectivity index is 1.67. The Hall–Kier alpha value is -0.0800. The minimum atomic E-state index is 0.954. The summed E-state index contributed by atoms with van der Waals surface area (Å²) in [5.74, 6) is 0.995. The highest BCUT2D eigenvalue weighted by atomic mass is 15.2. The van der Waals surface area contributed by atoms with Crippen molar-refractivity contribution in [1.29, 1.82) is 0 Å². The van der Waals surface area contributed by atoms with Gasteiger partial charge in [0.15, 0.2) is 0 Å². The number of nitrogens with zero attached hydrogens (tertiary/aromatic N) is 1. The maximum Gasteiger partial charge on any atom is 0.00952 e. The number of nitrogens with one attached hydrogen (secondary N) is 1. The molecule has 1 saturated heterocycles. The van der Waals surface area contributed by atoms with Crippen LogP contribution in [-0.2, 0) is 0 Å². The molecule has 0 atom stereocenters. The van der Waals surface area contributed by atoms with Gasteiger partial charge in [-0.2, -0.15) is 0 Å². The number of rotatable bonds is 4. The number of hydrogen-bond donors (Lipinski definition) is 1. The Morgan fingerprint density at radius 3 is 2.33 bits per heavy atom. The zero-order valence-electron chi connectivity index (χ0n) is 10.2. The van der Waals surface area contributed by atoms with E-state index in [1.165, 1.54) is 64.6 Å². The van der Waals surface area contributed by atoms with Gasteiger partial charge in [0, 0.05) is 6.04 Å². The van der Waals surface area contributed by atoms with Crippen molar-refractivity contribution in [2.45, 2.75) is 51.0 Å². The highest BCUT2D eigenvalue weighted by Crippen LogP contribution is 2.28. The van der Waals surface area contributed by atoms with Crippen molar-refractivity contribution >= 4 is 0 Å². The monoisotopic (exact) mass is 210 g/mol. The normalized spacial score (nSPS) is 26.2. The molecule has 0 spiro atoms. The molecule has 2 nitrogen and oxygen atoms in total. The van der Waals surface area contributed by atoms with E-state index in [0.717, 1.165) is 12.0 Å². The van der Waals surface area contributed by atoms with Gasteiger partial charge in [0.2, 0.25) is 0 Å². The smallest absolute Gasteiger partial charge is 0.00952 e. The molecule has 1 saturated carbocycles. The van der Waals surface area contributed by atoms with Gasteiger partial charge in [0.1, 0.15) is 0 Å². The highest BCUT2D eigenvalue weighted by Gasteiger charge is 2.26. The van der Waals surface area contributed by atoms with Crippen LogP contribution in [0.1, 0.15) is 44.9 Å². The lowest BCUT2D eigenvalue weighted by Crippen LogP contribution is -2.40. The summed E-state index contributed by atoms with van der Waals surface area (Å²) in [7, 11) is 2.06. The Bertz CT molecular complexity index is 167. The van der Waals surface area contributed by atoms with Crippen LogP contribution in [0.2, 0.25) is 0 Å². The lowest BCUT2D eigenvalue weighted by Gasteiger charge is -2.36. The van der Waals surface area contributed by atoms with E-state index in [2.05, 4.69) is 17.3 Å². The number of piperidine rings is 1. The predicted octanol–water partition coefficient (Wildman–Crippen LogP) is 2.25.